The van der Waals surface area contributed by atoms with Crippen molar-refractivity contribution in [3.8, 4) is 0 Å². The summed E-state index contributed by atoms with van der Waals surface area (Å²) in [6.07, 6.45) is 3.21. The predicted molar refractivity (Wildman–Crippen MR) is 103 cm³/mol. The van der Waals surface area contributed by atoms with Gasteiger partial charge in [-0.25, -0.2) is 0 Å². The van der Waals surface area contributed by atoms with Crippen molar-refractivity contribution >= 4 is 17.3 Å². The Morgan fingerprint density at radius 1 is 1.27 bits per heavy atom. The van der Waals surface area contributed by atoms with E-state index in [-0.39, 0.29) is 30.9 Å². The fraction of sp³-hybridized carbons (Fsp3) is 1.00. The first-order valence-corrected chi connectivity index (χ1v) is 10.9. The third-order valence-corrected chi connectivity index (χ3v) is 8.23. The van der Waals surface area contributed by atoms with Crippen LogP contribution in [0, 0.1) is 5.92 Å². The van der Waals surface area contributed by atoms with Gasteiger partial charge in [-0.3, -0.25) is 0 Å². The molecule has 0 spiro atoms. The van der Waals surface area contributed by atoms with E-state index >= 15 is 0 Å². The van der Waals surface area contributed by atoms with Crippen LogP contribution < -0.4 is 11.5 Å². The molecule has 1 saturated heterocycles. The maximum atomic E-state index is 13.4. The molecule has 1 aliphatic heterocycles. The van der Waals surface area contributed by atoms with Crippen molar-refractivity contribution in [2.24, 2.45) is 17.4 Å². The van der Waals surface area contributed by atoms with Gasteiger partial charge in [0.05, 0.1) is 0 Å². The molecule has 1 aliphatic carbocycles. The Labute approximate surface area is 158 Å². The molecular formula is C16H35BN4O4S. The number of hydrogen-bond acceptors (Lipinski definition) is 6. The maximum Gasteiger partial charge on any atom is 0.451 e. The fourth-order valence-electron chi connectivity index (χ4n) is 4.03. The van der Waals surface area contributed by atoms with Crippen LogP contribution in [0.25, 0.3) is 0 Å². The van der Waals surface area contributed by atoms with Crippen LogP contribution in [0.15, 0.2) is 0 Å². The number of nitrogens with two attached hydrogens (primary N) is 2. The van der Waals surface area contributed by atoms with Gasteiger partial charge in [0.15, 0.2) is 0 Å². The molecule has 6 N–H and O–H groups in total. The highest BCUT2D eigenvalue weighted by Crippen LogP contribution is 2.41. The molecule has 8 nitrogen and oxygen atoms in total. The average molecular weight is 390 g/mol. The van der Waals surface area contributed by atoms with Gasteiger partial charge in [0, 0.05) is 36.3 Å². The van der Waals surface area contributed by atoms with Crippen molar-refractivity contribution in [2.75, 3.05) is 13.1 Å². The summed E-state index contributed by atoms with van der Waals surface area (Å²) in [5.41, 5.74) is 11.6. The lowest BCUT2D eigenvalue weighted by Gasteiger charge is -2.38. The summed E-state index contributed by atoms with van der Waals surface area (Å²) in [6.45, 7) is 8.12. The van der Waals surface area contributed by atoms with Gasteiger partial charge in [-0.1, -0.05) is 6.42 Å². The molecule has 0 bridgehead atoms. The zero-order chi connectivity index (χ0) is 19.9. The molecular weight excluding hydrogens is 355 g/mol. The quantitative estimate of drug-likeness (QED) is 0.401. The summed E-state index contributed by atoms with van der Waals surface area (Å²) in [7, 11) is -5.02. The minimum absolute atomic E-state index is 0.0203. The lowest BCUT2D eigenvalue weighted by Crippen LogP contribution is -2.57. The summed E-state index contributed by atoms with van der Waals surface area (Å²) in [4.78, 5) is 0. The van der Waals surface area contributed by atoms with Crippen LogP contribution in [0.4, 0.5) is 0 Å². The first-order chi connectivity index (χ1) is 11.8. The Morgan fingerprint density at radius 2 is 1.85 bits per heavy atom. The van der Waals surface area contributed by atoms with Crippen LogP contribution in [-0.2, 0) is 10.2 Å². The molecule has 0 aromatic heterocycles. The third kappa shape index (κ3) is 4.60. The van der Waals surface area contributed by atoms with E-state index in [9.17, 15) is 8.42 Å². The Hall–Kier alpha value is -0.225. The highest BCUT2D eigenvalue weighted by Gasteiger charge is 2.53. The van der Waals surface area contributed by atoms with Crippen molar-refractivity contribution in [3.63, 3.8) is 0 Å². The normalized spacial score (nSPS) is 30.2. The Bertz CT molecular complexity index is 595. The van der Waals surface area contributed by atoms with E-state index in [1.807, 2.05) is 27.7 Å². The van der Waals surface area contributed by atoms with Crippen LogP contribution in [0.3, 0.4) is 0 Å². The van der Waals surface area contributed by atoms with E-state index in [1.54, 1.807) is 0 Å². The molecule has 1 unspecified atom stereocenters. The molecule has 1 saturated carbocycles. The minimum atomic E-state index is -3.68. The van der Waals surface area contributed by atoms with Crippen LogP contribution in [0.2, 0.25) is 6.32 Å². The van der Waals surface area contributed by atoms with Crippen molar-refractivity contribution < 1.29 is 18.5 Å². The van der Waals surface area contributed by atoms with Crippen molar-refractivity contribution in [1.82, 2.24) is 8.61 Å². The molecule has 2 rings (SSSR count). The number of rotatable bonds is 9. The van der Waals surface area contributed by atoms with E-state index in [0.29, 0.717) is 19.4 Å². The summed E-state index contributed by atoms with van der Waals surface area (Å²) in [6, 6.07) is -0.455. The maximum absolute atomic E-state index is 13.4. The first kappa shape index (κ1) is 22.1. The van der Waals surface area contributed by atoms with Crippen LogP contribution in [-0.4, -0.2) is 70.4 Å². The molecule has 152 valence electrons. The molecule has 0 radical (unpaired) electrons. The van der Waals surface area contributed by atoms with E-state index in [0.717, 1.165) is 12.8 Å². The van der Waals surface area contributed by atoms with Crippen LogP contribution in [0.5, 0.6) is 0 Å². The van der Waals surface area contributed by atoms with Crippen molar-refractivity contribution in [1.29, 1.82) is 0 Å². The monoisotopic (exact) mass is 390 g/mol. The average Bonchev–Trinajstić information content (AvgIpc) is 3.15. The molecule has 0 aromatic carbocycles. The van der Waals surface area contributed by atoms with E-state index in [1.165, 1.54) is 8.61 Å². The van der Waals surface area contributed by atoms with Crippen molar-refractivity contribution in [2.45, 2.75) is 82.9 Å². The predicted octanol–water partition coefficient (Wildman–Crippen LogP) is -0.276. The van der Waals surface area contributed by atoms with Crippen LogP contribution >= 0.6 is 0 Å². The molecule has 0 amide bonds. The zero-order valence-corrected chi connectivity index (χ0v) is 17.2. The first-order valence-electron chi connectivity index (χ1n) is 9.54. The molecule has 2 aliphatic rings. The van der Waals surface area contributed by atoms with Gasteiger partial charge in [0.1, 0.15) is 0 Å². The highest BCUT2D eigenvalue weighted by atomic mass is 32.2. The lowest BCUT2D eigenvalue weighted by molar-refractivity contribution is 0.227. The number of nitrogens with zero attached hydrogens (tertiary/aromatic N) is 2. The standard InChI is InChI=1S/C16H35BN4O4S/c1-12(2)21(13(3)16(19)7-8-16)26(24,25)20-10-14(15(4,18)11-20)6-5-9-17(22)23/h12-14,22-23H,5-11,18-19H2,1-4H3/t13?,14-,15-/m0/s1. The van der Waals surface area contributed by atoms with Gasteiger partial charge in [-0.2, -0.15) is 17.0 Å². The van der Waals surface area contributed by atoms with Gasteiger partial charge in [-0.15, -0.1) is 0 Å². The largest absolute Gasteiger partial charge is 0.451 e. The second-order valence-electron chi connectivity index (χ2n) is 8.75. The van der Waals surface area contributed by atoms with Crippen molar-refractivity contribution in [3.05, 3.63) is 0 Å². The van der Waals surface area contributed by atoms with Gasteiger partial charge >= 0.3 is 7.12 Å². The SMILES string of the molecule is CC(C)N(C(C)C1(N)CC1)S(=O)(=O)N1C[C@H](CCCB(O)O)[C@@](C)(N)C1. The smallest absolute Gasteiger partial charge is 0.427 e. The Morgan fingerprint density at radius 3 is 2.31 bits per heavy atom. The van der Waals surface area contributed by atoms with Crippen LogP contribution in [0.1, 0.15) is 53.4 Å². The molecule has 10 heteroatoms. The molecule has 0 aromatic rings. The molecule has 1 heterocycles. The topological polar surface area (TPSA) is 133 Å². The van der Waals surface area contributed by atoms with Gasteiger partial charge in [0.2, 0.25) is 0 Å². The van der Waals surface area contributed by atoms with E-state index < -0.39 is 28.4 Å². The zero-order valence-electron chi connectivity index (χ0n) is 16.4. The van der Waals surface area contributed by atoms with Gasteiger partial charge < -0.3 is 21.5 Å². The summed E-state index contributed by atoms with van der Waals surface area (Å²) >= 11 is 0. The highest BCUT2D eigenvalue weighted by molar-refractivity contribution is 7.86. The third-order valence-electron chi connectivity index (χ3n) is 6.03. The second-order valence-corrected chi connectivity index (χ2v) is 10.6. The Kier molecular flexibility index (Phi) is 6.50. The molecule has 2 fully saturated rings. The summed E-state index contributed by atoms with van der Waals surface area (Å²) in [5, 5.41) is 18.0. The molecule has 26 heavy (non-hydrogen) atoms. The second kappa shape index (κ2) is 7.65. The summed E-state index contributed by atoms with van der Waals surface area (Å²) < 4.78 is 29.8. The Balaban J connectivity index is 2.14. The fourth-order valence-corrected chi connectivity index (χ4v) is 6.25. The van der Waals surface area contributed by atoms with E-state index in [2.05, 4.69) is 0 Å². The molecule has 3 atom stereocenters. The van der Waals surface area contributed by atoms with E-state index in [4.69, 9.17) is 21.5 Å². The van der Waals surface area contributed by atoms with Gasteiger partial charge in [-0.05, 0) is 59.2 Å². The number of hydrogen-bond donors (Lipinski definition) is 4. The summed E-state index contributed by atoms with van der Waals surface area (Å²) in [5.74, 6) is -0.0203. The van der Waals surface area contributed by atoms with Gasteiger partial charge in [0.25, 0.3) is 10.2 Å². The minimum Gasteiger partial charge on any atom is -0.427 e. The lowest BCUT2D eigenvalue weighted by atomic mass is 9.79.